The predicted molar refractivity (Wildman–Crippen MR) is 108 cm³/mol. The average Bonchev–Trinajstić information content (AvgIpc) is 3.29. The Morgan fingerprint density at radius 3 is 2.78 bits per heavy atom. The van der Waals surface area contributed by atoms with Gasteiger partial charge in [-0.1, -0.05) is 36.4 Å². The van der Waals surface area contributed by atoms with Crippen molar-refractivity contribution in [1.82, 2.24) is 9.88 Å². The van der Waals surface area contributed by atoms with Crippen molar-refractivity contribution >= 4 is 40.2 Å². The normalized spacial score (nSPS) is 24.0. The number of benzene rings is 2. The number of para-hydroxylation sites is 2. The van der Waals surface area contributed by atoms with Crippen LogP contribution in [0, 0.1) is 0 Å². The molecule has 2 aliphatic heterocycles. The van der Waals surface area contributed by atoms with Crippen LogP contribution in [0.1, 0.15) is 18.1 Å². The van der Waals surface area contributed by atoms with E-state index in [1.54, 1.807) is 4.90 Å². The Hall–Kier alpha value is -2.73. The van der Waals surface area contributed by atoms with Crippen LogP contribution in [-0.2, 0) is 20.9 Å². The second kappa shape index (κ2) is 5.89. The number of carbonyl (C=O) groups excluding carboxylic acids is 2. The summed E-state index contributed by atoms with van der Waals surface area (Å²) < 4.78 is 0. The van der Waals surface area contributed by atoms with Gasteiger partial charge in [-0.2, -0.15) is 0 Å². The third kappa shape index (κ3) is 2.26. The SMILES string of the molecule is CC1SC2(C(=O)Nc3ccccc32)N(CCc2c[nH]c3ccccc23)C1=O. The maximum atomic E-state index is 13.0. The molecule has 6 heteroatoms. The quantitative estimate of drug-likeness (QED) is 0.734. The highest BCUT2D eigenvalue weighted by Gasteiger charge is 2.59. The molecule has 5 nitrogen and oxygen atoms in total. The Morgan fingerprint density at radius 1 is 1.11 bits per heavy atom. The summed E-state index contributed by atoms with van der Waals surface area (Å²) in [5, 5.41) is 3.88. The van der Waals surface area contributed by atoms with Crippen LogP contribution in [0.4, 0.5) is 5.69 Å². The first-order valence-electron chi connectivity index (χ1n) is 9.06. The molecule has 2 amide bonds. The standard InChI is InChI=1S/C21H19N3O2S/c1-13-19(25)24(11-10-14-12-22-17-8-4-2-6-15(14)17)21(27-13)16-7-3-5-9-18(16)23-20(21)26/h2-9,12-13,22H,10-11H2,1H3,(H,23,26). The van der Waals surface area contributed by atoms with Gasteiger partial charge in [0.25, 0.3) is 5.91 Å². The van der Waals surface area contributed by atoms with Gasteiger partial charge in [0.15, 0.2) is 4.87 Å². The summed E-state index contributed by atoms with van der Waals surface area (Å²) in [5.41, 5.74) is 3.93. The van der Waals surface area contributed by atoms with E-state index >= 15 is 0 Å². The molecule has 0 radical (unpaired) electrons. The molecule has 3 heterocycles. The van der Waals surface area contributed by atoms with E-state index in [1.807, 2.05) is 55.6 Å². The van der Waals surface area contributed by atoms with E-state index in [0.717, 1.165) is 27.7 Å². The summed E-state index contributed by atoms with van der Waals surface area (Å²) in [6.45, 7) is 2.38. The molecule has 1 aromatic heterocycles. The van der Waals surface area contributed by atoms with Crippen molar-refractivity contribution in [3.63, 3.8) is 0 Å². The van der Waals surface area contributed by atoms with Gasteiger partial charge >= 0.3 is 0 Å². The lowest BCUT2D eigenvalue weighted by molar-refractivity contribution is -0.137. The van der Waals surface area contributed by atoms with Crippen LogP contribution in [0.5, 0.6) is 0 Å². The monoisotopic (exact) mass is 377 g/mol. The van der Waals surface area contributed by atoms with Crippen LogP contribution >= 0.6 is 11.8 Å². The number of aromatic nitrogens is 1. The Bertz CT molecular complexity index is 1080. The summed E-state index contributed by atoms with van der Waals surface area (Å²) >= 11 is 1.44. The third-order valence-corrected chi connectivity index (χ3v) is 6.99. The van der Waals surface area contributed by atoms with E-state index in [-0.39, 0.29) is 17.1 Å². The van der Waals surface area contributed by atoms with E-state index in [2.05, 4.69) is 16.4 Å². The van der Waals surface area contributed by atoms with Crippen LogP contribution in [-0.4, -0.2) is 33.5 Å². The Labute approximate surface area is 161 Å². The number of amides is 2. The minimum Gasteiger partial charge on any atom is -0.361 e. The summed E-state index contributed by atoms with van der Waals surface area (Å²) in [6, 6.07) is 15.8. The number of rotatable bonds is 3. The van der Waals surface area contributed by atoms with Crippen molar-refractivity contribution in [2.75, 3.05) is 11.9 Å². The number of aromatic amines is 1. The number of nitrogens with zero attached hydrogens (tertiary/aromatic N) is 1. The van der Waals surface area contributed by atoms with Crippen LogP contribution < -0.4 is 5.32 Å². The van der Waals surface area contributed by atoms with Gasteiger partial charge in [-0.05, 0) is 31.0 Å². The smallest absolute Gasteiger partial charge is 0.265 e. The molecule has 5 rings (SSSR count). The highest BCUT2D eigenvalue weighted by Crippen LogP contribution is 2.54. The Kier molecular flexibility index (Phi) is 3.59. The van der Waals surface area contributed by atoms with Crippen molar-refractivity contribution < 1.29 is 9.59 Å². The number of H-pyrrole nitrogens is 1. The van der Waals surface area contributed by atoms with Crippen LogP contribution in [0.3, 0.4) is 0 Å². The molecule has 2 aliphatic rings. The maximum absolute atomic E-state index is 13.0. The van der Waals surface area contributed by atoms with Gasteiger partial charge in [0.1, 0.15) is 0 Å². The fourth-order valence-electron chi connectivity index (χ4n) is 4.18. The molecular formula is C21H19N3O2S. The molecule has 3 aromatic rings. The lowest BCUT2D eigenvalue weighted by Gasteiger charge is -2.32. The molecule has 1 spiro atoms. The lowest BCUT2D eigenvalue weighted by atomic mass is 10.0. The average molecular weight is 377 g/mol. The molecular weight excluding hydrogens is 358 g/mol. The van der Waals surface area contributed by atoms with Gasteiger partial charge in [0.05, 0.1) is 5.25 Å². The predicted octanol–water partition coefficient (Wildman–Crippen LogP) is 3.48. The van der Waals surface area contributed by atoms with E-state index < -0.39 is 4.87 Å². The van der Waals surface area contributed by atoms with Gasteiger partial charge in [-0.25, -0.2) is 0 Å². The molecule has 2 N–H and O–H groups in total. The van der Waals surface area contributed by atoms with Crippen molar-refractivity contribution in [3.8, 4) is 0 Å². The fraction of sp³-hybridized carbons (Fsp3) is 0.238. The Balaban J connectivity index is 1.52. The summed E-state index contributed by atoms with van der Waals surface area (Å²) in [5.74, 6) is -0.1000. The van der Waals surface area contributed by atoms with Gasteiger partial charge in [0, 0.05) is 34.9 Å². The zero-order chi connectivity index (χ0) is 18.6. The van der Waals surface area contributed by atoms with Gasteiger partial charge < -0.3 is 15.2 Å². The molecule has 0 bridgehead atoms. The molecule has 2 aromatic carbocycles. The van der Waals surface area contributed by atoms with Crippen molar-refractivity contribution in [3.05, 3.63) is 65.9 Å². The van der Waals surface area contributed by atoms with Crippen LogP contribution in [0.2, 0.25) is 0 Å². The van der Waals surface area contributed by atoms with Crippen LogP contribution in [0.15, 0.2) is 54.7 Å². The molecule has 0 aliphatic carbocycles. The van der Waals surface area contributed by atoms with Crippen molar-refractivity contribution in [2.45, 2.75) is 23.5 Å². The zero-order valence-corrected chi connectivity index (χ0v) is 15.7. The molecule has 27 heavy (non-hydrogen) atoms. The first-order chi connectivity index (χ1) is 13.1. The second-order valence-electron chi connectivity index (χ2n) is 7.00. The van der Waals surface area contributed by atoms with E-state index in [4.69, 9.17) is 0 Å². The van der Waals surface area contributed by atoms with Gasteiger partial charge in [0.2, 0.25) is 5.91 Å². The van der Waals surface area contributed by atoms with Gasteiger partial charge in [-0.15, -0.1) is 11.8 Å². The maximum Gasteiger partial charge on any atom is 0.265 e. The number of fused-ring (bicyclic) bond motifs is 3. The topological polar surface area (TPSA) is 65.2 Å². The molecule has 2 atom stereocenters. The number of nitrogens with one attached hydrogen (secondary N) is 2. The summed E-state index contributed by atoms with van der Waals surface area (Å²) in [7, 11) is 0. The summed E-state index contributed by atoms with van der Waals surface area (Å²) in [6.07, 6.45) is 2.69. The largest absolute Gasteiger partial charge is 0.361 e. The zero-order valence-electron chi connectivity index (χ0n) is 14.9. The molecule has 1 fully saturated rings. The molecule has 2 unspecified atom stereocenters. The Morgan fingerprint density at radius 2 is 1.89 bits per heavy atom. The van der Waals surface area contributed by atoms with Crippen LogP contribution in [0.25, 0.3) is 10.9 Å². The van der Waals surface area contributed by atoms with E-state index in [9.17, 15) is 9.59 Å². The number of thioether (sulfide) groups is 1. The molecule has 1 saturated heterocycles. The highest BCUT2D eigenvalue weighted by atomic mass is 32.2. The molecule has 136 valence electrons. The highest BCUT2D eigenvalue weighted by molar-refractivity contribution is 8.02. The number of carbonyl (C=O) groups is 2. The summed E-state index contributed by atoms with van der Waals surface area (Å²) in [4.78, 5) is 30.1. The third-order valence-electron chi connectivity index (χ3n) is 5.47. The van der Waals surface area contributed by atoms with Crippen molar-refractivity contribution in [2.24, 2.45) is 0 Å². The molecule has 0 saturated carbocycles. The first-order valence-corrected chi connectivity index (χ1v) is 9.94. The second-order valence-corrected chi connectivity index (χ2v) is 8.54. The van der Waals surface area contributed by atoms with E-state index in [0.29, 0.717) is 13.0 Å². The minimum atomic E-state index is -0.959. The first kappa shape index (κ1) is 16.4. The fourth-order valence-corrected chi connectivity index (χ4v) is 5.70. The minimum absolute atomic E-state index is 0.0201. The number of anilines is 1. The van der Waals surface area contributed by atoms with Gasteiger partial charge in [-0.3, -0.25) is 9.59 Å². The van der Waals surface area contributed by atoms with Crippen molar-refractivity contribution in [1.29, 1.82) is 0 Å². The van der Waals surface area contributed by atoms with E-state index in [1.165, 1.54) is 11.8 Å². The lowest BCUT2D eigenvalue weighted by Crippen LogP contribution is -2.47. The number of hydrogen-bond acceptors (Lipinski definition) is 3. The number of hydrogen-bond donors (Lipinski definition) is 2.